The van der Waals surface area contributed by atoms with E-state index >= 15 is 0 Å². The summed E-state index contributed by atoms with van der Waals surface area (Å²) < 4.78 is 1.11. The van der Waals surface area contributed by atoms with Gasteiger partial charge in [0.2, 0.25) is 5.91 Å². The number of carbonyl (C=O) groups is 1. The van der Waals surface area contributed by atoms with E-state index in [2.05, 4.69) is 27.9 Å². The largest absolute Gasteiger partial charge is 0.384 e. The lowest BCUT2D eigenvalue weighted by atomic mass is 10.0. The first kappa shape index (κ1) is 13.4. The summed E-state index contributed by atoms with van der Waals surface area (Å²) in [6.45, 7) is 0. The zero-order chi connectivity index (χ0) is 13.6. The summed E-state index contributed by atoms with van der Waals surface area (Å²) in [5.74, 6) is -0.0391. The summed E-state index contributed by atoms with van der Waals surface area (Å²) >= 11 is 9.99. The van der Waals surface area contributed by atoms with Crippen LogP contribution in [0.25, 0.3) is 0 Å². The number of hydrogen-bond acceptors (Lipinski definition) is 3. The Morgan fingerprint density at radius 3 is 2.89 bits per heavy atom. The monoisotopic (exact) mass is 405 g/mol. The second-order valence-electron chi connectivity index (χ2n) is 4.34. The molecule has 2 aromatic rings. The van der Waals surface area contributed by atoms with E-state index in [9.17, 15) is 9.90 Å². The molecular formula is C13H9ClINO2S. The van der Waals surface area contributed by atoms with Crippen molar-refractivity contribution >= 4 is 57.1 Å². The summed E-state index contributed by atoms with van der Waals surface area (Å²) in [5, 5.41) is 15.5. The van der Waals surface area contributed by atoms with Crippen molar-refractivity contribution in [2.24, 2.45) is 0 Å². The molecule has 0 saturated carbocycles. The molecule has 0 aliphatic carbocycles. The van der Waals surface area contributed by atoms with E-state index in [-0.39, 0.29) is 5.91 Å². The number of amides is 1. The van der Waals surface area contributed by atoms with Crippen molar-refractivity contribution < 1.29 is 9.90 Å². The van der Waals surface area contributed by atoms with Crippen LogP contribution in [-0.2, 0) is 11.2 Å². The van der Waals surface area contributed by atoms with Crippen LogP contribution >= 0.6 is 45.5 Å². The Hall–Kier alpha value is -0.630. The van der Waals surface area contributed by atoms with Crippen molar-refractivity contribution in [2.45, 2.75) is 12.5 Å². The first-order chi connectivity index (χ1) is 9.04. The number of thiophene rings is 1. The van der Waals surface area contributed by atoms with Gasteiger partial charge >= 0.3 is 0 Å². The fourth-order valence-corrected chi connectivity index (χ4v) is 3.78. The number of rotatable bonds is 2. The van der Waals surface area contributed by atoms with Gasteiger partial charge in [-0.2, -0.15) is 0 Å². The number of carbonyl (C=O) groups excluding carboxylic acids is 1. The van der Waals surface area contributed by atoms with Crippen LogP contribution in [0.15, 0.2) is 23.6 Å². The molecule has 0 radical (unpaired) electrons. The van der Waals surface area contributed by atoms with Crippen LogP contribution in [0.4, 0.5) is 5.69 Å². The molecule has 2 heterocycles. The average molecular weight is 406 g/mol. The number of fused-ring (bicyclic) bond motifs is 1. The van der Waals surface area contributed by atoms with Gasteiger partial charge < -0.3 is 10.4 Å². The fourth-order valence-electron chi connectivity index (χ4n) is 2.12. The van der Waals surface area contributed by atoms with Crippen molar-refractivity contribution in [3.8, 4) is 0 Å². The topological polar surface area (TPSA) is 49.3 Å². The molecule has 0 bridgehead atoms. The first-order valence-electron chi connectivity index (χ1n) is 5.59. The molecule has 1 aromatic carbocycles. The molecule has 0 spiro atoms. The molecule has 1 aliphatic heterocycles. The van der Waals surface area contributed by atoms with Gasteiger partial charge in [0.1, 0.15) is 6.10 Å². The molecular weight excluding hydrogens is 397 g/mol. The van der Waals surface area contributed by atoms with Crippen LogP contribution in [0, 0.1) is 2.88 Å². The second-order valence-corrected chi connectivity index (χ2v) is 7.56. The van der Waals surface area contributed by atoms with Crippen molar-refractivity contribution in [2.75, 3.05) is 5.32 Å². The highest BCUT2D eigenvalue weighted by atomic mass is 127. The average Bonchev–Trinajstić information content (AvgIpc) is 2.92. The molecule has 98 valence electrons. The van der Waals surface area contributed by atoms with Crippen LogP contribution in [-0.4, -0.2) is 11.0 Å². The molecule has 1 atom stereocenters. The molecule has 19 heavy (non-hydrogen) atoms. The first-order valence-corrected chi connectivity index (χ1v) is 7.92. The summed E-state index contributed by atoms with van der Waals surface area (Å²) in [4.78, 5) is 11.3. The van der Waals surface area contributed by atoms with Gasteiger partial charge in [0, 0.05) is 16.3 Å². The Bertz CT molecular complexity index is 671. The minimum absolute atomic E-state index is 0.0391. The number of benzene rings is 1. The zero-order valence-corrected chi connectivity index (χ0v) is 13.3. The van der Waals surface area contributed by atoms with E-state index in [4.69, 9.17) is 11.6 Å². The third kappa shape index (κ3) is 2.52. The van der Waals surface area contributed by atoms with Gasteiger partial charge in [0.25, 0.3) is 0 Å². The highest BCUT2D eigenvalue weighted by molar-refractivity contribution is 14.1. The Balaban J connectivity index is 2.02. The summed E-state index contributed by atoms with van der Waals surface area (Å²) in [6, 6.07) is 5.45. The lowest BCUT2D eigenvalue weighted by molar-refractivity contribution is -0.115. The van der Waals surface area contributed by atoms with Gasteiger partial charge in [0.15, 0.2) is 0 Å². The molecule has 1 aromatic heterocycles. The number of aliphatic hydroxyl groups is 1. The molecule has 1 aliphatic rings. The van der Waals surface area contributed by atoms with Gasteiger partial charge in [0.05, 0.1) is 9.30 Å². The predicted octanol–water partition coefficient (Wildman–Crippen LogP) is 3.58. The number of nitrogens with one attached hydrogen (secondary N) is 1. The zero-order valence-electron chi connectivity index (χ0n) is 9.61. The molecule has 3 rings (SSSR count). The molecule has 1 amide bonds. The second kappa shape index (κ2) is 5.05. The van der Waals surface area contributed by atoms with E-state index in [0.29, 0.717) is 17.0 Å². The molecule has 6 heteroatoms. The number of hydrogen-bond donors (Lipinski definition) is 2. The highest BCUT2D eigenvalue weighted by Crippen LogP contribution is 2.36. The normalized spacial score (nSPS) is 15.2. The molecule has 2 N–H and O–H groups in total. The van der Waals surface area contributed by atoms with Crippen LogP contribution in [0.3, 0.4) is 0 Å². The maximum Gasteiger partial charge on any atom is 0.228 e. The molecule has 0 saturated heterocycles. The Morgan fingerprint density at radius 1 is 1.42 bits per heavy atom. The minimum Gasteiger partial charge on any atom is -0.384 e. The Labute approximate surface area is 132 Å². The Kier molecular flexibility index (Phi) is 3.55. The van der Waals surface area contributed by atoms with E-state index in [0.717, 1.165) is 19.7 Å². The highest BCUT2D eigenvalue weighted by Gasteiger charge is 2.23. The fraction of sp³-hybridized carbons (Fsp3) is 0.154. The van der Waals surface area contributed by atoms with Gasteiger partial charge in [-0.1, -0.05) is 11.6 Å². The van der Waals surface area contributed by atoms with Crippen LogP contribution in [0.5, 0.6) is 0 Å². The van der Waals surface area contributed by atoms with E-state index in [1.165, 1.54) is 0 Å². The molecule has 1 unspecified atom stereocenters. The van der Waals surface area contributed by atoms with E-state index in [1.54, 1.807) is 17.4 Å². The summed E-state index contributed by atoms with van der Waals surface area (Å²) in [5.41, 5.74) is 3.10. The third-order valence-electron chi connectivity index (χ3n) is 3.05. The lowest BCUT2D eigenvalue weighted by Gasteiger charge is -2.13. The van der Waals surface area contributed by atoms with Gasteiger partial charge in [-0.25, -0.2) is 0 Å². The van der Waals surface area contributed by atoms with Crippen molar-refractivity contribution in [1.82, 2.24) is 0 Å². The SMILES string of the molecule is O=C1Cc2cc(C(O)c3csc(I)c3)c(Cl)cc2N1. The van der Waals surface area contributed by atoms with E-state index < -0.39 is 6.10 Å². The van der Waals surface area contributed by atoms with Gasteiger partial charge in [-0.15, -0.1) is 11.3 Å². The van der Waals surface area contributed by atoms with Crippen molar-refractivity contribution in [1.29, 1.82) is 0 Å². The Morgan fingerprint density at radius 2 is 2.21 bits per heavy atom. The summed E-state index contributed by atoms with van der Waals surface area (Å²) in [7, 11) is 0. The van der Waals surface area contributed by atoms with Gasteiger partial charge in [-0.3, -0.25) is 4.79 Å². The summed E-state index contributed by atoms with van der Waals surface area (Å²) in [6.07, 6.45) is -0.416. The standard InChI is InChI=1S/C13H9ClINO2S/c14-9-4-10-6(3-12(17)16-10)1-8(9)13(18)7-2-11(15)19-5-7/h1-2,4-5,13,18H,3H2,(H,16,17). The molecule has 3 nitrogen and oxygen atoms in total. The lowest BCUT2D eigenvalue weighted by Crippen LogP contribution is -2.03. The maximum absolute atomic E-state index is 11.3. The minimum atomic E-state index is -0.756. The third-order valence-corrected chi connectivity index (χ3v) is 5.18. The van der Waals surface area contributed by atoms with Gasteiger partial charge in [-0.05, 0) is 57.3 Å². The predicted molar refractivity (Wildman–Crippen MR) is 84.9 cm³/mol. The maximum atomic E-state index is 11.3. The van der Waals surface area contributed by atoms with Crippen molar-refractivity contribution in [3.05, 3.63) is 48.2 Å². The van der Waals surface area contributed by atoms with Crippen LogP contribution in [0.1, 0.15) is 22.8 Å². The smallest absolute Gasteiger partial charge is 0.228 e. The van der Waals surface area contributed by atoms with Crippen LogP contribution < -0.4 is 5.32 Å². The number of anilines is 1. The van der Waals surface area contributed by atoms with Crippen LogP contribution in [0.2, 0.25) is 5.02 Å². The number of halogens is 2. The van der Waals surface area contributed by atoms with Crippen molar-refractivity contribution in [3.63, 3.8) is 0 Å². The van der Waals surface area contributed by atoms with E-state index in [1.807, 2.05) is 17.5 Å². The molecule has 0 fully saturated rings. The number of aliphatic hydroxyl groups excluding tert-OH is 1. The quantitative estimate of drug-likeness (QED) is 0.750.